The first kappa shape index (κ1) is 19.9. The lowest BCUT2D eigenvalue weighted by Gasteiger charge is -2.48. The summed E-state index contributed by atoms with van der Waals surface area (Å²) in [6, 6.07) is 0. The molecule has 4 heteroatoms. The summed E-state index contributed by atoms with van der Waals surface area (Å²) in [6.45, 7) is 15.8. The maximum absolute atomic E-state index is 12.8. The van der Waals surface area contributed by atoms with Crippen LogP contribution in [0.2, 0.25) is 0 Å². The minimum absolute atomic E-state index is 0.313. The highest BCUT2D eigenvalue weighted by atomic mass is 16.6. The first-order valence-corrected chi connectivity index (χ1v) is 7.81. The zero-order valence-electron chi connectivity index (χ0n) is 15.0. The van der Waals surface area contributed by atoms with Gasteiger partial charge in [0, 0.05) is 0 Å². The predicted molar refractivity (Wildman–Crippen MR) is 83.8 cm³/mol. The summed E-state index contributed by atoms with van der Waals surface area (Å²) in [5.74, 6) is -0.962. The minimum atomic E-state index is -1.33. The van der Waals surface area contributed by atoms with Gasteiger partial charge in [-0.25, -0.2) is 0 Å². The summed E-state index contributed by atoms with van der Waals surface area (Å²) in [7, 11) is 0. The molecule has 0 radical (unpaired) electrons. The van der Waals surface area contributed by atoms with Gasteiger partial charge >= 0.3 is 11.9 Å². The number of rotatable bonds is 6. The molecule has 0 aromatic heterocycles. The van der Waals surface area contributed by atoms with E-state index in [1.807, 2.05) is 55.4 Å². The highest BCUT2D eigenvalue weighted by Crippen LogP contribution is 2.53. The second-order valence-electron chi connectivity index (χ2n) is 7.52. The van der Waals surface area contributed by atoms with Gasteiger partial charge in [0.2, 0.25) is 0 Å². The van der Waals surface area contributed by atoms with E-state index in [0.29, 0.717) is 13.2 Å². The number of hydrogen-bond donors (Lipinski definition) is 0. The predicted octanol–water partition coefficient (Wildman–Crippen LogP) is 3.97. The monoisotopic (exact) mass is 300 g/mol. The van der Waals surface area contributed by atoms with E-state index in [0.717, 1.165) is 12.8 Å². The van der Waals surface area contributed by atoms with Crippen molar-refractivity contribution in [2.75, 3.05) is 13.2 Å². The molecule has 0 saturated carbocycles. The largest absolute Gasteiger partial charge is 0.465 e. The van der Waals surface area contributed by atoms with E-state index in [-0.39, 0.29) is 0 Å². The van der Waals surface area contributed by atoms with Crippen molar-refractivity contribution in [1.82, 2.24) is 0 Å². The molecular weight excluding hydrogens is 268 g/mol. The Morgan fingerprint density at radius 2 is 1.00 bits per heavy atom. The van der Waals surface area contributed by atoms with Gasteiger partial charge in [0.1, 0.15) is 0 Å². The zero-order chi connectivity index (χ0) is 16.9. The molecule has 4 nitrogen and oxygen atoms in total. The summed E-state index contributed by atoms with van der Waals surface area (Å²) < 4.78 is 10.7. The molecule has 0 aromatic carbocycles. The topological polar surface area (TPSA) is 52.6 Å². The number of ether oxygens (including phenoxy) is 2. The van der Waals surface area contributed by atoms with Crippen molar-refractivity contribution in [1.29, 1.82) is 0 Å². The van der Waals surface area contributed by atoms with Crippen molar-refractivity contribution in [3.63, 3.8) is 0 Å². The molecule has 0 atom stereocenters. The van der Waals surface area contributed by atoms with Gasteiger partial charge < -0.3 is 9.47 Å². The van der Waals surface area contributed by atoms with Gasteiger partial charge in [-0.3, -0.25) is 9.59 Å². The molecule has 0 aliphatic carbocycles. The lowest BCUT2D eigenvalue weighted by Crippen LogP contribution is -2.59. The normalized spacial score (nSPS) is 13.0. The molecule has 0 heterocycles. The Bertz CT molecular complexity index is 322. The Kier molecular flexibility index (Phi) is 6.91. The molecule has 0 aliphatic rings. The number of hydrogen-bond acceptors (Lipinski definition) is 4. The minimum Gasteiger partial charge on any atom is -0.465 e. The van der Waals surface area contributed by atoms with Gasteiger partial charge in [-0.05, 0) is 23.7 Å². The van der Waals surface area contributed by atoms with E-state index in [1.165, 1.54) is 0 Å². The first-order chi connectivity index (χ1) is 9.46. The van der Waals surface area contributed by atoms with Gasteiger partial charge in [-0.2, -0.15) is 0 Å². The van der Waals surface area contributed by atoms with E-state index >= 15 is 0 Å². The van der Waals surface area contributed by atoms with Crippen molar-refractivity contribution < 1.29 is 19.1 Å². The van der Waals surface area contributed by atoms with Crippen molar-refractivity contribution >= 4 is 11.9 Å². The van der Waals surface area contributed by atoms with Crippen LogP contribution < -0.4 is 0 Å². The Hall–Kier alpha value is -1.06. The Balaban J connectivity index is 5.90. The van der Waals surface area contributed by atoms with Gasteiger partial charge in [-0.1, -0.05) is 55.4 Å². The molecule has 0 rings (SSSR count). The standard InChI is InChI=1S/C17H32O4/c1-9-11-20-13(18)17(15(3,4)5,16(6,7)8)14(19)21-12-10-2/h9-12H2,1-8H3. The van der Waals surface area contributed by atoms with Crippen LogP contribution in [0, 0.1) is 16.2 Å². The Morgan fingerprint density at radius 3 is 1.19 bits per heavy atom. The second kappa shape index (κ2) is 7.28. The molecular formula is C17H32O4. The van der Waals surface area contributed by atoms with Gasteiger partial charge in [0.05, 0.1) is 13.2 Å². The van der Waals surface area contributed by atoms with Crippen LogP contribution in [0.3, 0.4) is 0 Å². The third kappa shape index (κ3) is 3.98. The van der Waals surface area contributed by atoms with Crippen molar-refractivity contribution in [3.8, 4) is 0 Å². The zero-order valence-corrected chi connectivity index (χ0v) is 15.0. The summed E-state index contributed by atoms with van der Waals surface area (Å²) in [4.78, 5) is 25.6. The molecule has 0 saturated heterocycles. The van der Waals surface area contributed by atoms with Crippen molar-refractivity contribution in [2.45, 2.75) is 68.2 Å². The summed E-state index contributed by atoms with van der Waals surface area (Å²) in [5.41, 5.74) is -2.55. The Labute approximate surface area is 129 Å². The van der Waals surface area contributed by atoms with Crippen LogP contribution in [0.25, 0.3) is 0 Å². The van der Waals surface area contributed by atoms with E-state index in [1.54, 1.807) is 0 Å². The highest BCUT2D eigenvalue weighted by Gasteiger charge is 2.64. The molecule has 0 spiro atoms. The van der Waals surface area contributed by atoms with Crippen LogP contribution in [0.15, 0.2) is 0 Å². The molecule has 0 aliphatic heterocycles. The van der Waals surface area contributed by atoms with Crippen molar-refractivity contribution in [2.24, 2.45) is 16.2 Å². The van der Waals surface area contributed by atoms with E-state index in [2.05, 4.69) is 0 Å². The fourth-order valence-electron chi connectivity index (χ4n) is 3.04. The van der Waals surface area contributed by atoms with E-state index in [9.17, 15) is 9.59 Å². The van der Waals surface area contributed by atoms with Crippen LogP contribution in [-0.2, 0) is 19.1 Å². The van der Waals surface area contributed by atoms with Crippen LogP contribution in [-0.4, -0.2) is 25.2 Å². The Morgan fingerprint density at radius 1 is 0.714 bits per heavy atom. The van der Waals surface area contributed by atoms with E-state index in [4.69, 9.17) is 9.47 Å². The quantitative estimate of drug-likeness (QED) is 0.550. The molecule has 0 amide bonds. The maximum Gasteiger partial charge on any atom is 0.324 e. The average Bonchev–Trinajstić information content (AvgIpc) is 2.30. The average molecular weight is 300 g/mol. The SMILES string of the molecule is CCCOC(=O)C(C(=O)OCCC)(C(C)(C)C)C(C)(C)C. The van der Waals surface area contributed by atoms with Gasteiger partial charge in [-0.15, -0.1) is 0 Å². The third-order valence-corrected chi connectivity index (χ3v) is 3.74. The molecule has 0 unspecified atom stereocenters. The second-order valence-corrected chi connectivity index (χ2v) is 7.52. The fraction of sp³-hybridized carbons (Fsp3) is 0.882. The smallest absolute Gasteiger partial charge is 0.324 e. The van der Waals surface area contributed by atoms with Crippen LogP contribution >= 0.6 is 0 Å². The fourth-order valence-corrected chi connectivity index (χ4v) is 3.04. The van der Waals surface area contributed by atoms with Crippen LogP contribution in [0.5, 0.6) is 0 Å². The van der Waals surface area contributed by atoms with E-state index < -0.39 is 28.2 Å². The molecule has 124 valence electrons. The lowest BCUT2D eigenvalue weighted by molar-refractivity contribution is -0.194. The number of carbonyl (C=O) groups excluding carboxylic acids is 2. The maximum atomic E-state index is 12.8. The van der Waals surface area contributed by atoms with Gasteiger partial charge in [0.15, 0.2) is 5.41 Å². The number of esters is 2. The number of carbonyl (C=O) groups is 2. The van der Waals surface area contributed by atoms with Crippen LogP contribution in [0.4, 0.5) is 0 Å². The molecule has 0 fully saturated rings. The third-order valence-electron chi connectivity index (χ3n) is 3.74. The molecule has 0 N–H and O–H groups in total. The summed E-state index contributed by atoms with van der Waals surface area (Å²) in [6.07, 6.45) is 1.44. The van der Waals surface area contributed by atoms with Crippen LogP contribution in [0.1, 0.15) is 68.2 Å². The van der Waals surface area contributed by atoms with Crippen molar-refractivity contribution in [3.05, 3.63) is 0 Å². The molecule has 0 bridgehead atoms. The highest BCUT2D eigenvalue weighted by molar-refractivity contribution is 6.02. The summed E-state index contributed by atoms with van der Waals surface area (Å²) in [5, 5.41) is 0. The molecule has 21 heavy (non-hydrogen) atoms. The van der Waals surface area contributed by atoms with Gasteiger partial charge in [0.25, 0.3) is 0 Å². The summed E-state index contributed by atoms with van der Waals surface area (Å²) >= 11 is 0. The molecule has 0 aromatic rings. The lowest BCUT2D eigenvalue weighted by atomic mass is 9.54. The first-order valence-electron chi connectivity index (χ1n) is 7.81.